The minimum absolute atomic E-state index is 0.103. The van der Waals surface area contributed by atoms with E-state index in [9.17, 15) is 29.8 Å². The van der Waals surface area contributed by atoms with Crippen LogP contribution in [-0.4, -0.2) is 34.4 Å². The summed E-state index contributed by atoms with van der Waals surface area (Å²) in [6.45, 7) is 1.75. The second-order valence-electron chi connectivity index (χ2n) is 6.64. The number of hydrogen-bond acceptors (Lipinski definition) is 9. The van der Waals surface area contributed by atoms with Crippen LogP contribution in [0.4, 0.5) is 17.1 Å². The lowest BCUT2D eigenvalue weighted by molar-refractivity contribution is -0.393. The maximum absolute atomic E-state index is 12.6. The molecule has 0 saturated carbocycles. The van der Waals surface area contributed by atoms with Gasteiger partial charge < -0.3 is 15.5 Å². The Bertz CT molecular complexity index is 1010. The molecule has 1 amide bonds. The standard InChI is InChI=1S/C19H19N5O7/c1-2-31-19(26)15-16(11-6-4-3-5-7-11)20-18(25)17(15)22-21-13-9-8-12(23(27)28)10-14(13)24(29)30/h3-10,15-17,21-22H,2H2,1H3,(H,20,25). The molecule has 12 heteroatoms. The van der Waals surface area contributed by atoms with Gasteiger partial charge in [0.2, 0.25) is 5.91 Å². The molecule has 1 fully saturated rings. The largest absolute Gasteiger partial charge is 0.466 e. The number of benzene rings is 2. The van der Waals surface area contributed by atoms with Crippen molar-refractivity contribution in [2.24, 2.45) is 5.92 Å². The molecule has 2 aromatic rings. The first-order chi connectivity index (χ1) is 14.8. The summed E-state index contributed by atoms with van der Waals surface area (Å²) in [5, 5.41) is 24.9. The number of nitro benzene ring substituents is 2. The highest BCUT2D eigenvalue weighted by molar-refractivity contribution is 5.93. The van der Waals surface area contributed by atoms with Crippen molar-refractivity contribution in [2.75, 3.05) is 12.0 Å². The third-order valence-corrected chi connectivity index (χ3v) is 4.77. The Kier molecular flexibility index (Phi) is 6.40. The van der Waals surface area contributed by atoms with Crippen molar-refractivity contribution in [3.8, 4) is 0 Å². The van der Waals surface area contributed by atoms with Gasteiger partial charge in [-0.25, -0.2) is 5.43 Å². The van der Waals surface area contributed by atoms with Crippen molar-refractivity contribution in [1.82, 2.24) is 10.7 Å². The van der Waals surface area contributed by atoms with E-state index in [1.807, 2.05) is 0 Å². The zero-order valence-corrected chi connectivity index (χ0v) is 16.3. The van der Waals surface area contributed by atoms with Crippen molar-refractivity contribution in [3.05, 3.63) is 74.3 Å². The van der Waals surface area contributed by atoms with Crippen LogP contribution in [0, 0.1) is 26.1 Å². The first kappa shape index (κ1) is 21.6. The minimum Gasteiger partial charge on any atom is -0.466 e. The number of carbonyl (C=O) groups excluding carboxylic acids is 2. The topological polar surface area (TPSA) is 166 Å². The number of rotatable bonds is 8. The molecule has 31 heavy (non-hydrogen) atoms. The lowest BCUT2D eigenvalue weighted by atomic mass is 9.91. The maximum Gasteiger partial charge on any atom is 0.313 e. The predicted molar refractivity (Wildman–Crippen MR) is 108 cm³/mol. The molecule has 0 aromatic heterocycles. The van der Waals surface area contributed by atoms with Crippen LogP contribution in [0.5, 0.6) is 0 Å². The van der Waals surface area contributed by atoms with Crippen LogP contribution >= 0.6 is 0 Å². The summed E-state index contributed by atoms with van der Waals surface area (Å²) in [5.74, 6) is -2.09. The van der Waals surface area contributed by atoms with Crippen LogP contribution in [-0.2, 0) is 14.3 Å². The van der Waals surface area contributed by atoms with Crippen molar-refractivity contribution in [2.45, 2.75) is 19.0 Å². The second kappa shape index (κ2) is 9.17. The number of carbonyl (C=O) groups is 2. The third-order valence-electron chi connectivity index (χ3n) is 4.77. The fourth-order valence-electron chi connectivity index (χ4n) is 3.35. The summed E-state index contributed by atoms with van der Waals surface area (Å²) >= 11 is 0. The van der Waals surface area contributed by atoms with Gasteiger partial charge in [0.05, 0.1) is 28.6 Å². The number of ether oxygens (including phenoxy) is 1. The summed E-state index contributed by atoms with van der Waals surface area (Å²) < 4.78 is 5.13. The number of nitro groups is 2. The summed E-state index contributed by atoms with van der Waals surface area (Å²) in [4.78, 5) is 45.9. The Morgan fingerprint density at radius 2 is 1.84 bits per heavy atom. The molecule has 3 N–H and O–H groups in total. The molecule has 1 heterocycles. The SMILES string of the molecule is CCOC(=O)C1C(NNc2ccc([N+](=O)[O-])cc2[N+](=O)[O-])C(=O)NC1c1ccccc1. The number of amides is 1. The van der Waals surface area contributed by atoms with Gasteiger partial charge in [0, 0.05) is 6.07 Å². The molecule has 12 nitrogen and oxygen atoms in total. The fourth-order valence-corrected chi connectivity index (χ4v) is 3.35. The van der Waals surface area contributed by atoms with Crippen LogP contribution in [0.2, 0.25) is 0 Å². The molecular formula is C19H19N5O7. The molecular weight excluding hydrogens is 410 g/mol. The van der Waals surface area contributed by atoms with Gasteiger partial charge in [-0.05, 0) is 18.6 Å². The summed E-state index contributed by atoms with van der Waals surface area (Å²) in [6, 6.07) is 10.1. The van der Waals surface area contributed by atoms with Gasteiger partial charge in [-0.2, -0.15) is 0 Å². The van der Waals surface area contributed by atoms with Crippen LogP contribution in [0.15, 0.2) is 48.5 Å². The molecule has 2 aromatic carbocycles. The fraction of sp³-hybridized carbons (Fsp3) is 0.263. The lowest BCUT2D eigenvalue weighted by Crippen LogP contribution is -2.46. The van der Waals surface area contributed by atoms with Gasteiger partial charge in [0.25, 0.3) is 5.69 Å². The number of non-ortho nitro benzene ring substituents is 1. The van der Waals surface area contributed by atoms with Crippen molar-refractivity contribution >= 4 is 28.9 Å². The van der Waals surface area contributed by atoms with Crippen LogP contribution in [0.1, 0.15) is 18.5 Å². The Morgan fingerprint density at radius 3 is 2.45 bits per heavy atom. The zero-order valence-electron chi connectivity index (χ0n) is 16.3. The van der Waals surface area contributed by atoms with Gasteiger partial charge in [-0.1, -0.05) is 30.3 Å². The molecule has 0 spiro atoms. The Hall–Kier alpha value is -4.06. The molecule has 3 rings (SSSR count). The van der Waals surface area contributed by atoms with Gasteiger partial charge in [-0.15, -0.1) is 0 Å². The summed E-state index contributed by atoms with van der Waals surface area (Å²) in [6.07, 6.45) is 0. The van der Waals surface area contributed by atoms with Gasteiger partial charge >= 0.3 is 11.7 Å². The highest BCUT2D eigenvalue weighted by Gasteiger charge is 2.48. The number of nitrogens with one attached hydrogen (secondary N) is 3. The van der Waals surface area contributed by atoms with E-state index in [1.165, 1.54) is 0 Å². The number of hydrazine groups is 1. The number of nitrogens with zero attached hydrogens (tertiary/aromatic N) is 2. The molecule has 0 bridgehead atoms. The van der Waals surface area contributed by atoms with E-state index in [0.29, 0.717) is 5.56 Å². The predicted octanol–water partition coefficient (Wildman–Crippen LogP) is 1.84. The van der Waals surface area contributed by atoms with Crippen LogP contribution in [0.25, 0.3) is 0 Å². The van der Waals surface area contributed by atoms with Crippen LogP contribution < -0.4 is 16.2 Å². The number of anilines is 1. The van der Waals surface area contributed by atoms with Crippen molar-refractivity contribution in [3.63, 3.8) is 0 Å². The molecule has 3 unspecified atom stereocenters. The number of esters is 1. The van der Waals surface area contributed by atoms with E-state index < -0.39 is 51.1 Å². The highest BCUT2D eigenvalue weighted by atomic mass is 16.6. The normalized spacial score (nSPS) is 20.0. The van der Waals surface area contributed by atoms with Crippen molar-refractivity contribution < 1.29 is 24.2 Å². The molecule has 3 atom stereocenters. The van der Waals surface area contributed by atoms with E-state index >= 15 is 0 Å². The smallest absolute Gasteiger partial charge is 0.313 e. The first-order valence-electron chi connectivity index (χ1n) is 9.29. The monoisotopic (exact) mass is 429 g/mol. The molecule has 162 valence electrons. The lowest BCUT2D eigenvalue weighted by Gasteiger charge is -2.22. The molecule has 1 saturated heterocycles. The number of hydrogen-bond donors (Lipinski definition) is 3. The average molecular weight is 429 g/mol. The van der Waals surface area contributed by atoms with E-state index in [2.05, 4.69) is 16.2 Å². The molecule has 0 aliphatic carbocycles. The van der Waals surface area contributed by atoms with Crippen molar-refractivity contribution in [1.29, 1.82) is 0 Å². The first-order valence-corrected chi connectivity index (χ1v) is 9.29. The second-order valence-corrected chi connectivity index (χ2v) is 6.64. The van der Waals surface area contributed by atoms with E-state index in [1.54, 1.807) is 37.3 Å². The van der Waals surface area contributed by atoms with Gasteiger partial charge in [0.15, 0.2) is 0 Å². The minimum atomic E-state index is -1.11. The summed E-state index contributed by atoms with van der Waals surface area (Å²) in [5.41, 5.74) is 4.77. The Morgan fingerprint density at radius 1 is 1.13 bits per heavy atom. The van der Waals surface area contributed by atoms with E-state index in [4.69, 9.17) is 4.74 Å². The van der Waals surface area contributed by atoms with Gasteiger partial charge in [-0.3, -0.25) is 29.8 Å². The van der Waals surface area contributed by atoms with E-state index in [-0.39, 0.29) is 12.3 Å². The molecule has 1 aliphatic rings. The Balaban J connectivity index is 1.87. The van der Waals surface area contributed by atoms with E-state index in [0.717, 1.165) is 18.2 Å². The molecule has 0 radical (unpaired) electrons. The maximum atomic E-state index is 12.6. The highest BCUT2D eigenvalue weighted by Crippen LogP contribution is 2.33. The zero-order chi connectivity index (χ0) is 22.5. The van der Waals surface area contributed by atoms with Crippen LogP contribution in [0.3, 0.4) is 0 Å². The average Bonchev–Trinajstić information content (AvgIpc) is 3.09. The quantitative estimate of drug-likeness (QED) is 0.322. The summed E-state index contributed by atoms with van der Waals surface area (Å²) in [7, 11) is 0. The molecule has 1 aliphatic heterocycles. The third kappa shape index (κ3) is 4.59. The Labute approximate surface area is 175 Å². The van der Waals surface area contributed by atoms with Gasteiger partial charge in [0.1, 0.15) is 17.6 Å².